The summed E-state index contributed by atoms with van der Waals surface area (Å²) < 4.78 is 0. The number of carbonyl (C=O) groups excluding carboxylic acids is 1. The van der Waals surface area contributed by atoms with Gasteiger partial charge in [-0.25, -0.2) is 0 Å². The SMILES string of the molecule is CCCCC(CCC)NC(=O)CC1CCNC1. The van der Waals surface area contributed by atoms with Crippen LogP contribution >= 0.6 is 0 Å². The van der Waals surface area contributed by atoms with Crippen LogP contribution in [0.1, 0.15) is 58.8 Å². The second-order valence-electron chi connectivity index (χ2n) is 5.26. The molecule has 1 heterocycles. The molecule has 0 aliphatic carbocycles. The molecule has 1 rings (SSSR count). The molecule has 1 fully saturated rings. The third-order valence-corrected chi connectivity index (χ3v) is 3.54. The van der Waals surface area contributed by atoms with Crippen molar-refractivity contribution in [2.45, 2.75) is 64.8 Å². The van der Waals surface area contributed by atoms with Crippen molar-refractivity contribution in [1.82, 2.24) is 10.6 Å². The lowest BCUT2D eigenvalue weighted by Crippen LogP contribution is -2.36. The van der Waals surface area contributed by atoms with Crippen LogP contribution in [0.5, 0.6) is 0 Å². The standard InChI is InChI=1S/C14H28N2O/c1-3-5-7-13(6-4-2)16-14(17)10-12-8-9-15-11-12/h12-13,15H,3-11H2,1-2H3,(H,16,17). The molecule has 2 N–H and O–H groups in total. The predicted octanol–water partition coefficient (Wildman–Crippen LogP) is 2.46. The molecule has 0 bridgehead atoms. The van der Waals surface area contributed by atoms with E-state index < -0.39 is 0 Å². The van der Waals surface area contributed by atoms with E-state index in [1.165, 1.54) is 12.8 Å². The van der Waals surface area contributed by atoms with Crippen LogP contribution in [0.4, 0.5) is 0 Å². The minimum Gasteiger partial charge on any atom is -0.353 e. The number of nitrogens with one attached hydrogen (secondary N) is 2. The van der Waals surface area contributed by atoms with Gasteiger partial charge in [0, 0.05) is 12.5 Å². The van der Waals surface area contributed by atoms with Crippen molar-refractivity contribution in [3.8, 4) is 0 Å². The van der Waals surface area contributed by atoms with Gasteiger partial charge in [-0.15, -0.1) is 0 Å². The van der Waals surface area contributed by atoms with Gasteiger partial charge in [-0.2, -0.15) is 0 Å². The Kier molecular flexibility index (Phi) is 7.25. The van der Waals surface area contributed by atoms with Gasteiger partial charge in [0.15, 0.2) is 0 Å². The monoisotopic (exact) mass is 240 g/mol. The summed E-state index contributed by atoms with van der Waals surface area (Å²) in [6.45, 7) is 6.48. The lowest BCUT2D eigenvalue weighted by Gasteiger charge is -2.19. The average Bonchev–Trinajstić information content (AvgIpc) is 2.78. The Morgan fingerprint density at radius 3 is 2.76 bits per heavy atom. The summed E-state index contributed by atoms with van der Waals surface area (Å²) in [5, 5.41) is 6.52. The zero-order valence-electron chi connectivity index (χ0n) is 11.4. The third-order valence-electron chi connectivity index (χ3n) is 3.54. The number of amides is 1. The average molecular weight is 240 g/mol. The summed E-state index contributed by atoms with van der Waals surface area (Å²) >= 11 is 0. The molecule has 3 nitrogen and oxygen atoms in total. The smallest absolute Gasteiger partial charge is 0.220 e. The van der Waals surface area contributed by atoms with Crippen molar-refractivity contribution in [2.24, 2.45) is 5.92 Å². The van der Waals surface area contributed by atoms with Gasteiger partial charge in [-0.1, -0.05) is 33.1 Å². The topological polar surface area (TPSA) is 41.1 Å². The minimum atomic E-state index is 0.258. The Morgan fingerprint density at radius 1 is 1.35 bits per heavy atom. The molecule has 0 saturated carbocycles. The van der Waals surface area contributed by atoms with Crippen LogP contribution in [0.15, 0.2) is 0 Å². The molecule has 0 aromatic heterocycles. The van der Waals surface area contributed by atoms with Gasteiger partial charge in [0.1, 0.15) is 0 Å². The zero-order chi connectivity index (χ0) is 12.5. The van der Waals surface area contributed by atoms with Crippen molar-refractivity contribution in [2.75, 3.05) is 13.1 Å². The summed E-state index contributed by atoms with van der Waals surface area (Å²) in [5.74, 6) is 0.816. The number of hydrogen-bond acceptors (Lipinski definition) is 2. The van der Waals surface area contributed by atoms with E-state index >= 15 is 0 Å². The van der Waals surface area contributed by atoms with Crippen LogP contribution in [-0.2, 0) is 4.79 Å². The molecule has 1 saturated heterocycles. The highest BCUT2D eigenvalue weighted by Gasteiger charge is 2.19. The van der Waals surface area contributed by atoms with Crippen LogP contribution in [0.25, 0.3) is 0 Å². The largest absolute Gasteiger partial charge is 0.353 e. The van der Waals surface area contributed by atoms with E-state index in [0.717, 1.165) is 38.8 Å². The Morgan fingerprint density at radius 2 is 2.18 bits per heavy atom. The molecule has 1 aliphatic heterocycles. The van der Waals surface area contributed by atoms with E-state index in [-0.39, 0.29) is 5.91 Å². The Labute approximate surface area is 106 Å². The lowest BCUT2D eigenvalue weighted by atomic mass is 10.0. The highest BCUT2D eigenvalue weighted by molar-refractivity contribution is 5.76. The second kappa shape index (κ2) is 8.51. The van der Waals surface area contributed by atoms with Crippen LogP contribution in [-0.4, -0.2) is 25.0 Å². The molecule has 1 aliphatic rings. The van der Waals surface area contributed by atoms with Gasteiger partial charge in [-0.05, 0) is 38.3 Å². The highest BCUT2D eigenvalue weighted by atomic mass is 16.1. The van der Waals surface area contributed by atoms with Gasteiger partial charge in [0.25, 0.3) is 0 Å². The maximum Gasteiger partial charge on any atom is 0.220 e. The summed E-state index contributed by atoms with van der Waals surface area (Å²) in [5.41, 5.74) is 0. The highest BCUT2D eigenvalue weighted by Crippen LogP contribution is 2.13. The summed E-state index contributed by atoms with van der Waals surface area (Å²) in [6, 6.07) is 0.404. The molecule has 2 unspecified atom stereocenters. The fourth-order valence-corrected chi connectivity index (χ4v) is 2.53. The fourth-order valence-electron chi connectivity index (χ4n) is 2.53. The van der Waals surface area contributed by atoms with Crippen LogP contribution in [0.3, 0.4) is 0 Å². The minimum absolute atomic E-state index is 0.258. The van der Waals surface area contributed by atoms with E-state index in [2.05, 4.69) is 24.5 Å². The van der Waals surface area contributed by atoms with Crippen molar-refractivity contribution in [3.05, 3.63) is 0 Å². The first-order chi connectivity index (χ1) is 8.26. The molecule has 0 radical (unpaired) electrons. The molecule has 0 aromatic carbocycles. The predicted molar refractivity (Wildman–Crippen MR) is 72.0 cm³/mol. The van der Waals surface area contributed by atoms with Crippen LogP contribution in [0.2, 0.25) is 0 Å². The number of rotatable bonds is 8. The molecule has 17 heavy (non-hydrogen) atoms. The first-order valence-corrected chi connectivity index (χ1v) is 7.26. The molecular formula is C14H28N2O. The summed E-state index contributed by atoms with van der Waals surface area (Å²) in [4.78, 5) is 11.9. The Hall–Kier alpha value is -0.570. The quantitative estimate of drug-likeness (QED) is 0.684. The molecular weight excluding hydrogens is 212 g/mol. The summed E-state index contributed by atoms with van der Waals surface area (Å²) in [7, 11) is 0. The Bertz CT molecular complexity index is 212. The van der Waals surface area contributed by atoms with Gasteiger partial charge >= 0.3 is 0 Å². The van der Waals surface area contributed by atoms with E-state index in [0.29, 0.717) is 18.4 Å². The van der Waals surface area contributed by atoms with Crippen LogP contribution in [0, 0.1) is 5.92 Å². The van der Waals surface area contributed by atoms with Gasteiger partial charge in [0.05, 0.1) is 0 Å². The summed E-state index contributed by atoms with van der Waals surface area (Å²) in [6.07, 6.45) is 7.70. The normalized spacial score (nSPS) is 21.4. The third kappa shape index (κ3) is 6.06. The van der Waals surface area contributed by atoms with Crippen LogP contribution < -0.4 is 10.6 Å². The zero-order valence-corrected chi connectivity index (χ0v) is 11.4. The lowest BCUT2D eigenvalue weighted by molar-refractivity contribution is -0.122. The fraction of sp³-hybridized carbons (Fsp3) is 0.929. The van der Waals surface area contributed by atoms with Crippen molar-refractivity contribution in [3.63, 3.8) is 0 Å². The van der Waals surface area contributed by atoms with E-state index in [1.54, 1.807) is 0 Å². The molecule has 3 heteroatoms. The van der Waals surface area contributed by atoms with E-state index in [1.807, 2.05) is 0 Å². The van der Waals surface area contributed by atoms with Gasteiger partial charge < -0.3 is 10.6 Å². The van der Waals surface area contributed by atoms with Crippen molar-refractivity contribution >= 4 is 5.91 Å². The number of carbonyl (C=O) groups is 1. The van der Waals surface area contributed by atoms with E-state index in [9.17, 15) is 4.79 Å². The van der Waals surface area contributed by atoms with Crippen molar-refractivity contribution in [1.29, 1.82) is 0 Å². The van der Waals surface area contributed by atoms with Gasteiger partial charge in [-0.3, -0.25) is 4.79 Å². The number of unbranched alkanes of at least 4 members (excludes halogenated alkanes) is 1. The molecule has 0 aromatic rings. The first-order valence-electron chi connectivity index (χ1n) is 7.26. The number of hydrogen-bond donors (Lipinski definition) is 2. The molecule has 0 spiro atoms. The maximum atomic E-state index is 11.9. The van der Waals surface area contributed by atoms with Crippen molar-refractivity contribution < 1.29 is 4.79 Å². The molecule has 1 amide bonds. The molecule has 100 valence electrons. The maximum absolute atomic E-state index is 11.9. The van der Waals surface area contributed by atoms with E-state index in [4.69, 9.17) is 0 Å². The Balaban J connectivity index is 2.23. The second-order valence-corrected chi connectivity index (χ2v) is 5.26. The van der Waals surface area contributed by atoms with Gasteiger partial charge in [0.2, 0.25) is 5.91 Å². The molecule has 2 atom stereocenters. The first kappa shape index (κ1) is 14.5.